The molecule has 2 aromatic heterocycles. The maximum atomic E-state index is 14.0. The number of amides is 1. The average Bonchev–Trinajstić information content (AvgIpc) is 3.18. The molecule has 1 aromatic carbocycles. The van der Waals surface area contributed by atoms with Gasteiger partial charge in [0.1, 0.15) is 5.82 Å². The summed E-state index contributed by atoms with van der Waals surface area (Å²) in [7, 11) is 1.84. The summed E-state index contributed by atoms with van der Waals surface area (Å²) in [6, 6.07) is 6.66. The number of hydrogen-bond acceptors (Lipinski definition) is 4. The lowest BCUT2D eigenvalue weighted by Gasteiger charge is -2.44. The van der Waals surface area contributed by atoms with Crippen LogP contribution in [0.5, 0.6) is 0 Å². The third-order valence-corrected chi connectivity index (χ3v) is 6.13. The van der Waals surface area contributed by atoms with Crippen LogP contribution in [0.15, 0.2) is 36.7 Å². The Bertz CT molecular complexity index is 1080. The molecule has 6 nitrogen and oxygen atoms in total. The lowest BCUT2D eigenvalue weighted by atomic mass is 9.98. The van der Waals surface area contributed by atoms with Gasteiger partial charge in [0.15, 0.2) is 0 Å². The predicted octanol–water partition coefficient (Wildman–Crippen LogP) is 3.08. The van der Waals surface area contributed by atoms with Gasteiger partial charge in [0, 0.05) is 49.9 Å². The van der Waals surface area contributed by atoms with E-state index in [4.69, 9.17) is 0 Å². The van der Waals surface area contributed by atoms with Gasteiger partial charge in [-0.1, -0.05) is 6.42 Å². The Labute approximate surface area is 168 Å². The molecule has 5 rings (SSSR count). The molecule has 0 N–H and O–H groups in total. The van der Waals surface area contributed by atoms with Gasteiger partial charge in [-0.05, 0) is 43.7 Å². The minimum atomic E-state index is -0.362. The highest BCUT2D eigenvalue weighted by Gasteiger charge is 2.32. The quantitative estimate of drug-likeness (QED) is 0.671. The first-order valence-electron chi connectivity index (χ1n) is 10.2. The first-order valence-corrected chi connectivity index (χ1v) is 10.2. The fourth-order valence-electron chi connectivity index (χ4n) is 4.59. The second kappa shape index (κ2) is 7.22. The first-order chi connectivity index (χ1) is 14.1. The molecule has 2 aliphatic rings. The van der Waals surface area contributed by atoms with Gasteiger partial charge in [-0.15, -0.1) is 0 Å². The largest absolute Gasteiger partial charge is 0.336 e. The molecular formula is C22H24FN5O. The summed E-state index contributed by atoms with van der Waals surface area (Å²) in [6.07, 6.45) is 7.20. The summed E-state index contributed by atoms with van der Waals surface area (Å²) in [4.78, 5) is 22.6. The van der Waals surface area contributed by atoms with Crippen LogP contribution in [-0.4, -0.2) is 62.7 Å². The second-order valence-corrected chi connectivity index (χ2v) is 8.06. The maximum Gasteiger partial charge on any atom is 0.254 e. The predicted molar refractivity (Wildman–Crippen MR) is 109 cm³/mol. The van der Waals surface area contributed by atoms with Crippen molar-refractivity contribution in [3.63, 3.8) is 0 Å². The standard InChI is InChI=1S/C22H24FN5O/c1-26-13-15(12-24-26)21-11-19(18-10-16(23)5-6-20(18)25-21)22(29)28-9-8-27-7-3-2-4-17(27)14-28/h5-6,10-13,17H,2-4,7-9,14H2,1H3/t17-/m0/s1. The molecule has 4 heterocycles. The number of carbonyl (C=O) groups is 1. The zero-order valence-electron chi connectivity index (χ0n) is 16.5. The summed E-state index contributed by atoms with van der Waals surface area (Å²) in [5, 5.41) is 4.78. The van der Waals surface area contributed by atoms with E-state index in [1.54, 1.807) is 23.0 Å². The molecule has 2 aliphatic heterocycles. The van der Waals surface area contributed by atoms with Crippen molar-refractivity contribution in [1.29, 1.82) is 0 Å². The van der Waals surface area contributed by atoms with Crippen LogP contribution < -0.4 is 0 Å². The van der Waals surface area contributed by atoms with Crippen molar-refractivity contribution in [3.8, 4) is 11.3 Å². The molecule has 0 unspecified atom stereocenters. The average molecular weight is 393 g/mol. The van der Waals surface area contributed by atoms with Crippen molar-refractivity contribution in [2.75, 3.05) is 26.2 Å². The molecule has 2 fully saturated rings. The van der Waals surface area contributed by atoms with Gasteiger partial charge in [0.05, 0.1) is 23.0 Å². The van der Waals surface area contributed by atoms with Crippen LogP contribution in [0, 0.1) is 5.82 Å². The van der Waals surface area contributed by atoms with Crippen LogP contribution >= 0.6 is 0 Å². The van der Waals surface area contributed by atoms with Crippen molar-refractivity contribution in [1.82, 2.24) is 24.6 Å². The molecule has 1 atom stereocenters. The summed E-state index contributed by atoms with van der Waals surface area (Å²) < 4.78 is 15.7. The van der Waals surface area contributed by atoms with E-state index in [1.807, 2.05) is 18.1 Å². The van der Waals surface area contributed by atoms with Gasteiger partial charge in [-0.25, -0.2) is 9.37 Å². The minimum absolute atomic E-state index is 0.0432. The number of fused-ring (bicyclic) bond motifs is 2. The molecule has 0 aliphatic carbocycles. The van der Waals surface area contributed by atoms with Crippen molar-refractivity contribution < 1.29 is 9.18 Å². The highest BCUT2D eigenvalue weighted by atomic mass is 19.1. The van der Waals surface area contributed by atoms with Gasteiger partial charge >= 0.3 is 0 Å². The first kappa shape index (κ1) is 18.2. The van der Waals surface area contributed by atoms with E-state index in [0.29, 0.717) is 34.7 Å². The smallest absolute Gasteiger partial charge is 0.254 e. The van der Waals surface area contributed by atoms with Crippen molar-refractivity contribution in [2.45, 2.75) is 25.3 Å². The Kier molecular flexibility index (Phi) is 4.54. The van der Waals surface area contributed by atoms with Crippen LogP contribution in [0.4, 0.5) is 4.39 Å². The van der Waals surface area contributed by atoms with Crippen LogP contribution in [0.3, 0.4) is 0 Å². The van der Waals surface area contributed by atoms with Gasteiger partial charge in [-0.2, -0.15) is 5.10 Å². The molecule has 29 heavy (non-hydrogen) atoms. The van der Waals surface area contributed by atoms with Crippen molar-refractivity contribution in [3.05, 3.63) is 48.0 Å². The van der Waals surface area contributed by atoms with Crippen molar-refractivity contribution in [2.24, 2.45) is 7.05 Å². The summed E-state index contributed by atoms with van der Waals surface area (Å²) >= 11 is 0. The lowest BCUT2D eigenvalue weighted by Crippen LogP contribution is -2.56. The summed E-state index contributed by atoms with van der Waals surface area (Å²) in [5.74, 6) is -0.405. The highest BCUT2D eigenvalue weighted by molar-refractivity contribution is 6.07. The number of pyridine rings is 1. The van der Waals surface area contributed by atoms with Gasteiger partial charge < -0.3 is 4.90 Å². The SMILES string of the molecule is Cn1cc(-c2cc(C(=O)N3CCN4CCCC[C@H]4C3)c3cc(F)ccc3n2)cn1. The van der Waals surface area contributed by atoms with E-state index in [1.165, 1.54) is 25.0 Å². The van der Waals surface area contributed by atoms with Gasteiger partial charge in [0.25, 0.3) is 5.91 Å². The molecule has 1 amide bonds. The zero-order chi connectivity index (χ0) is 20.0. The lowest BCUT2D eigenvalue weighted by molar-refractivity contribution is 0.0374. The van der Waals surface area contributed by atoms with Crippen LogP contribution in [0.2, 0.25) is 0 Å². The number of halogens is 1. The third-order valence-electron chi connectivity index (χ3n) is 6.13. The molecule has 150 valence electrons. The fourth-order valence-corrected chi connectivity index (χ4v) is 4.59. The van der Waals surface area contributed by atoms with Crippen LogP contribution in [0.1, 0.15) is 29.6 Å². The Hall–Kier alpha value is -2.80. The third kappa shape index (κ3) is 3.40. The number of piperazine rings is 1. The summed E-state index contributed by atoms with van der Waals surface area (Å²) in [6.45, 7) is 3.47. The Balaban J connectivity index is 1.55. The number of aryl methyl sites for hydroxylation is 1. The number of carbonyl (C=O) groups excluding carboxylic acids is 1. The summed E-state index contributed by atoms with van der Waals surface area (Å²) in [5.41, 5.74) is 2.65. The minimum Gasteiger partial charge on any atom is -0.336 e. The second-order valence-electron chi connectivity index (χ2n) is 8.06. The van der Waals surface area contributed by atoms with E-state index in [-0.39, 0.29) is 11.7 Å². The van der Waals surface area contributed by atoms with E-state index < -0.39 is 0 Å². The number of benzene rings is 1. The number of hydrogen-bond donors (Lipinski definition) is 0. The number of piperidine rings is 1. The molecule has 2 saturated heterocycles. The zero-order valence-corrected chi connectivity index (χ0v) is 16.5. The van der Waals surface area contributed by atoms with E-state index in [2.05, 4.69) is 15.0 Å². The Morgan fingerprint density at radius 1 is 1.17 bits per heavy atom. The van der Waals surface area contributed by atoms with E-state index in [0.717, 1.165) is 31.6 Å². The number of aromatic nitrogens is 3. The van der Waals surface area contributed by atoms with E-state index in [9.17, 15) is 9.18 Å². The Morgan fingerprint density at radius 2 is 2.07 bits per heavy atom. The van der Waals surface area contributed by atoms with Gasteiger partial charge in [0.2, 0.25) is 0 Å². The monoisotopic (exact) mass is 393 g/mol. The van der Waals surface area contributed by atoms with Gasteiger partial charge in [-0.3, -0.25) is 14.4 Å². The van der Waals surface area contributed by atoms with Crippen LogP contribution in [0.25, 0.3) is 22.2 Å². The molecule has 0 bridgehead atoms. The molecule has 0 saturated carbocycles. The highest BCUT2D eigenvalue weighted by Crippen LogP contribution is 2.28. The molecule has 0 spiro atoms. The van der Waals surface area contributed by atoms with Crippen LogP contribution in [-0.2, 0) is 7.05 Å². The fraction of sp³-hybridized carbons (Fsp3) is 0.409. The Morgan fingerprint density at radius 3 is 2.90 bits per heavy atom. The number of nitrogens with zero attached hydrogens (tertiary/aromatic N) is 5. The number of rotatable bonds is 2. The maximum absolute atomic E-state index is 14.0. The normalized spacial score (nSPS) is 20.1. The van der Waals surface area contributed by atoms with Crippen molar-refractivity contribution >= 4 is 16.8 Å². The molecule has 0 radical (unpaired) electrons. The molecule has 7 heteroatoms. The molecular weight excluding hydrogens is 369 g/mol. The molecule has 3 aromatic rings. The topological polar surface area (TPSA) is 54.3 Å². The van der Waals surface area contributed by atoms with E-state index >= 15 is 0 Å².